The number of benzene rings is 2. The van der Waals surface area contributed by atoms with Gasteiger partial charge in [0.25, 0.3) is 0 Å². The summed E-state index contributed by atoms with van der Waals surface area (Å²) < 4.78 is 46.7. The van der Waals surface area contributed by atoms with Crippen molar-refractivity contribution in [1.29, 1.82) is 5.26 Å². The predicted molar refractivity (Wildman–Crippen MR) is 118 cm³/mol. The number of anilines is 2. The molecule has 1 aliphatic rings. The van der Waals surface area contributed by atoms with Crippen LogP contribution in [0.2, 0.25) is 0 Å². The molecule has 3 aromatic rings. The highest BCUT2D eigenvalue weighted by molar-refractivity contribution is 9.10. The molecular weight excluding hydrogens is 519 g/mol. The number of H-pyrrole nitrogens is 1. The maximum absolute atomic E-state index is 13.4. The molecule has 12 heteroatoms. The largest absolute Gasteiger partial charge is 0.466 e. The van der Waals surface area contributed by atoms with Crippen molar-refractivity contribution in [3.63, 3.8) is 0 Å². The molecule has 34 heavy (non-hydrogen) atoms. The molecule has 1 aliphatic heterocycles. The summed E-state index contributed by atoms with van der Waals surface area (Å²) in [4.78, 5) is 27.1. The number of methoxy groups -OCH3 is 1. The van der Waals surface area contributed by atoms with Gasteiger partial charge in [0, 0.05) is 15.9 Å². The lowest BCUT2D eigenvalue weighted by Gasteiger charge is -2.35. The topological polar surface area (TPSA) is 104 Å². The molecule has 0 amide bonds. The monoisotopic (exact) mass is 533 g/mol. The average Bonchev–Trinajstić information content (AvgIpc) is 3.18. The zero-order valence-corrected chi connectivity index (χ0v) is 19.2. The predicted octanol–water partition coefficient (Wildman–Crippen LogP) is 4.41. The summed E-state index contributed by atoms with van der Waals surface area (Å²) in [5, 5.41) is 15.5. The van der Waals surface area contributed by atoms with E-state index in [4.69, 9.17) is 4.74 Å². The van der Waals surface area contributed by atoms with Crippen LogP contribution in [-0.4, -0.2) is 27.8 Å². The summed E-state index contributed by atoms with van der Waals surface area (Å²) in [6.45, 7) is 1.53. The fraction of sp³-hybridized carbons (Fsp3) is 0.182. The first-order valence-corrected chi connectivity index (χ1v) is 10.5. The van der Waals surface area contributed by atoms with Crippen LogP contribution in [0.5, 0.6) is 0 Å². The van der Waals surface area contributed by atoms with Crippen LogP contribution in [0.3, 0.4) is 0 Å². The number of nitrogens with zero attached hydrogens (tertiary/aromatic N) is 4. The van der Waals surface area contributed by atoms with Gasteiger partial charge in [-0.2, -0.15) is 18.4 Å². The number of allylic oxidation sites excluding steroid dienone is 1. The molecule has 0 saturated carbocycles. The van der Waals surface area contributed by atoms with E-state index in [1.807, 2.05) is 6.07 Å². The van der Waals surface area contributed by atoms with Crippen molar-refractivity contribution in [2.24, 2.45) is 0 Å². The van der Waals surface area contributed by atoms with Crippen LogP contribution in [0.1, 0.15) is 29.7 Å². The highest BCUT2D eigenvalue weighted by Crippen LogP contribution is 2.44. The molecule has 4 rings (SSSR count). The number of esters is 1. The summed E-state index contributed by atoms with van der Waals surface area (Å²) in [5.41, 5.74) is -0.517. The minimum Gasteiger partial charge on any atom is -0.466 e. The van der Waals surface area contributed by atoms with Gasteiger partial charge < -0.3 is 4.74 Å². The Kier molecular flexibility index (Phi) is 5.82. The van der Waals surface area contributed by atoms with Crippen molar-refractivity contribution in [2.75, 3.05) is 12.0 Å². The molecule has 0 unspecified atom stereocenters. The van der Waals surface area contributed by atoms with Crippen LogP contribution >= 0.6 is 15.9 Å². The number of nitrogens with one attached hydrogen (secondary N) is 1. The van der Waals surface area contributed by atoms with E-state index in [1.54, 1.807) is 6.07 Å². The third kappa shape index (κ3) is 3.77. The van der Waals surface area contributed by atoms with Crippen LogP contribution in [-0.2, 0) is 15.7 Å². The van der Waals surface area contributed by atoms with Gasteiger partial charge in [0.1, 0.15) is 6.04 Å². The van der Waals surface area contributed by atoms with Crippen molar-refractivity contribution in [1.82, 2.24) is 14.8 Å². The lowest BCUT2D eigenvalue weighted by molar-refractivity contribution is -0.138. The minimum absolute atomic E-state index is 0.0151. The maximum atomic E-state index is 13.4. The van der Waals surface area contributed by atoms with Crippen LogP contribution in [0.4, 0.5) is 24.8 Å². The second kappa shape index (κ2) is 8.49. The molecule has 0 saturated heterocycles. The van der Waals surface area contributed by atoms with E-state index in [1.165, 1.54) is 36.1 Å². The van der Waals surface area contributed by atoms with Gasteiger partial charge in [-0.25, -0.2) is 19.3 Å². The number of rotatable bonds is 3. The molecule has 2 aromatic carbocycles. The molecule has 0 fully saturated rings. The molecule has 1 aromatic heterocycles. The summed E-state index contributed by atoms with van der Waals surface area (Å²) >= 11 is 3.39. The first-order chi connectivity index (χ1) is 16.1. The first-order valence-electron chi connectivity index (χ1n) is 9.71. The molecule has 1 atom stereocenters. The van der Waals surface area contributed by atoms with Gasteiger partial charge in [-0.15, -0.1) is 5.10 Å². The number of aromatic amines is 1. The highest BCUT2D eigenvalue weighted by Gasteiger charge is 2.40. The molecule has 0 spiro atoms. The van der Waals surface area contributed by atoms with Crippen molar-refractivity contribution in [3.8, 4) is 6.07 Å². The molecule has 0 bridgehead atoms. The molecule has 2 heterocycles. The second-order valence-electron chi connectivity index (χ2n) is 7.32. The van der Waals surface area contributed by atoms with Gasteiger partial charge in [0.05, 0.1) is 29.9 Å². The number of fused-ring (bicyclic) bond motifs is 1. The van der Waals surface area contributed by atoms with Crippen molar-refractivity contribution >= 4 is 33.5 Å². The summed E-state index contributed by atoms with van der Waals surface area (Å²) in [7, 11) is 1.16. The van der Waals surface area contributed by atoms with Crippen molar-refractivity contribution in [2.45, 2.75) is 19.1 Å². The van der Waals surface area contributed by atoms with E-state index >= 15 is 0 Å². The van der Waals surface area contributed by atoms with Gasteiger partial charge in [0.2, 0.25) is 5.95 Å². The number of carbonyl (C=O) groups is 1. The summed E-state index contributed by atoms with van der Waals surface area (Å²) in [6, 6.07) is 10.1. The Morgan fingerprint density at radius 2 is 2.00 bits per heavy atom. The van der Waals surface area contributed by atoms with Crippen molar-refractivity contribution in [3.05, 3.63) is 85.4 Å². The molecule has 1 N–H and O–H groups in total. The van der Waals surface area contributed by atoms with E-state index in [9.17, 15) is 28.0 Å². The molecular formula is C22H15BrF3N5O3. The fourth-order valence-electron chi connectivity index (χ4n) is 3.90. The molecule has 8 nitrogen and oxygen atoms in total. The van der Waals surface area contributed by atoms with E-state index < -0.39 is 29.4 Å². The number of hydrogen-bond acceptors (Lipinski definition) is 6. The average molecular weight is 534 g/mol. The quantitative estimate of drug-likeness (QED) is 0.500. The van der Waals surface area contributed by atoms with Gasteiger partial charge >= 0.3 is 17.8 Å². The number of carbonyl (C=O) groups excluding carboxylic acids is 1. The lowest BCUT2D eigenvalue weighted by atomic mass is 9.93. The van der Waals surface area contributed by atoms with Crippen LogP contribution < -0.4 is 10.6 Å². The van der Waals surface area contributed by atoms with Crippen LogP contribution in [0, 0.1) is 11.3 Å². The van der Waals surface area contributed by atoms with Gasteiger partial charge in [-0.1, -0.05) is 28.1 Å². The van der Waals surface area contributed by atoms with Crippen LogP contribution in [0.25, 0.3) is 0 Å². The van der Waals surface area contributed by atoms with Crippen LogP contribution in [0.15, 0.2) is 63.0 Å². The number of aromatic nitrogens is 3. The zero-order valence-electron chi connectivity index (χ0n) is 17.6. The maximum Gasteiger partial charge on any atom is 0.416 e. The third-order valence-corrected chi connectivity index (χ3v) is 6.09. The molecule has 0 radical (unpaired) electrons. The van der Waals surface area contributed by atoms with Crippen molar-refractivity contribution < 1.29 is 22.7 Å². The Bertz CT molecular complexity index is 1430. The van der Waals surface area contributed by atoms with Gasteiger partial charge in [-0.05, 0) is 42.8 Å². The Labute approximate surface area is 199 Å². The van der Waals surface area contributed by atoms with Gasteiger partial charge in [0.15, 0.2) is 0 Å². The Balaban J connectivity index is 2.02. The molecule has 0 aliphatic carbocycles. The second-order valence-corrected chi connectivity index (χ2v) is 8.18. The smallest absolute Gasteiger partial charge is 0.416 e. The SMILES string of the molecule is COC(=O)C1=C(C)N(c2cccc(C(F)(F)F)c2)c2n[nH]c(=O)n2[C@H]1c1ccc(C#N)cc1Br. The van der Waals surface area contributed by atoms with Gasteiger partial charge in [-0.3, -0.25) is 4.90 Å². The summed E-state index contributed by atoms with van der Waals surface area (Å²) in [5.74, 6) is -0.801. The standard InChI is InChI=1S/C22H15BrF3N5O3/c1-11-17(19(32)34-2)18(15-7-6-12(10-27)8-16(15)23)31-20(28-29-21(31)33)30(11)14-5-3-4-13(9-14)22(24,25)26/h3-9,18H,1-2H3,(H,29,33)/t18-/m0/s1. The fourth-order valence-corrected chi connectivity index (χ4v) is 4.49. The normalized spacial score (nSPS) is 15.7. The number of alkyl halides is 3. The zero-order chi connectivity index (χ0) is 24.8. The van der Waals surface area contributed by atoms with E-state index in [0.717, 1.165) is 23.8 Å². The van der Waals surface area contributed by atoms with E-state index in [2.05, 4.69) is 26.1 Å². The first kappa shape index (κ1) is 23.3. The number of ether oxygens (including phenoxy) is 1. The highest BCUT2D eigenvalue weighted by atomic mass is 79.9. The molecule has 174 valence electrons. The number of halogens is 4. The summed E-state index contributed by atoms with van der Waals surface area (Å²) in [6.07, 6.45) is -4.60. The Morgan fingerprint density at radius 1 is 1.26 bits per heavy atom. The lowest BCUT2D eigenvalue weighted by Crippen LogP contribution is -2.37. The third-order valence-electron chi connectivity index (χ3n) is 5.40. The Morgan fingerprint density at radius 3 is 2.62 bits per heavy atom. The van der Waals surface area contributed by atoms with E-state index in [-0.39, 0.29) is 22.9 Å². The number of nitriles is 1. The van der Waals surface area contributed by atoms with E-state index in [0.29, 0.717) is 15.6 Å². The minimum atomic E-state index is -4.60. The number of hydrogen-bond donors (Lipinski definition) is 1. The Hall–Kier alpha value is -3.85.